The molecule has 0 aliphatic heterocycles. The van der Waals surface area contributed by atoms with Gasteiger partial charge >= 0.3 is 5.97 Å². The minimum atomic E-state index is -0.986. The molecule has 100 valence electrons. The van der Waals surface area contributed by atoms with Gasteiger partial charge < -0.3 is 16.2 Å². The zero-order valence-corrected chi connectivity index (χ0v) is 10.6. The van der Waals surface area contributed by atoms with Crippen LogP contribution in [0.1, 0.15) is 51.9 Å². The minimum Gasteiger partial charge on any atom is -0.480 e. The summed E-state index contributed by atoms with van der Waals surface area (Å²) in [6, 6.07) is -0.794. The van der Waals surface area contributed by atoms with E-state index in [9.17, 15) is 9.59 Å². The topological polar surface area (TPSA) is 92.4 Å². The third-order valence-corrected chi connectivity index (χ3v) is 2.59. The Morgan fingerprint density at radius 2 is 1.94 bits per heavy atom. The van der Waals surface area contributed by atoms with Gasteiger partial charge in [-0.2, -0.15) is 0 Å². The highest BCUT2D eigenvalue weighted by molar-refractivity contribution is 5.83. The second-order valence-electron chi connectivity index (χ2n) is 4.20. The highest BCUT2D eigenvalue weighted by atomic mass is 16.4. The standard InChI is InChI=1S/C12H24N2O3/c1-2-3-4-5-8-11(15)14-10(12(16)17)7-6-9-13/h10H,2-9,13H2,1H3,(H,14,15)(H,16,17)/t10-/m0/s1. The first kappa shape index (κ1) is 15.9. The van der Waals surface area contributed by atoms with Gasteiger partial charge in [-0.05, 0) is 25.8 Å². The predicted octanol–water partition coefficient (Wildman–Crippen LogP) is 1.27. The lowest BCUT2D eigenvalue weighted by molar-refractivity contribution is -0.142. The SMILES string of the molecule is CCCCCCC(=O)N[C@@H](CCCN)C(=O)O. The van der Waals surface area contributed by atoms with Crippen LogP contribution in [0.4, 0.5) is 0 Å². The Bertz CT molecular complexity index is 232. The molecule has 0 aromatic carbocycles. The minimum absolute atomic E-state index is 0.175. The number of aliphatic carboxylic acids is 1. The Morgan fingerprint density at radius 3 is 2.47 bits per heavy atom. The first-order chi connectivity index (χ1) is 8.11. The number of rotatable bonds is 10. The van der Waals surface area contributed by atoms with E-state index in [0.717, 1.165) is 25.7 Å². The van der Waals surface area contributed by atoms with E-state index in [-0.39, 0.29) is 5.91 Å². The quantitative estimate of drug-likeness (QED) is 0.504. The summed E-state index contributed by atoms with van der Waals surface area (Å²) in [5.74, 6) is -1.16. The lowest BCUT2D eigenvalue weighted by Gasteiger charge is -2.13. The van der Waals surface area contributed by atoms with Crippen molar-refractivity contribution in [3.63, 3.8) is 0 Å². The molecule has 0 radical (unpaired) electrons. The second kappa shape index (κ2) is 10.1. The number of carboxylic acids is 1. The maximum absolute atomic E-state index is 11.5. The van der Waals surface area contributed by atoms with Crippen molar-refractivity contribution in [3.8, 4) is 0 Å². The third kappa shape index (κ3) is 8.68. The number of carbonyl (C=O) groups excluding carboxylic acids is 1. The van der Waals surface area contributed by atoms with E-state index >= 15 is 0 Å². The maximum Gasteiger partial charge on any atom is 0.326 e. The van der Waals surface area contributed by atoms with Crippen molar-refractivity contribution < 1.29 is 14.7 Å². The fraction of sp³-hybridized carbons (Fsp3) is 0.833. The zero-order valence-electron chi connectivity index (χ0n) is 10.6. The van der Waals surface area contributed by atoms with Gasteiger partial charge in [-0.25, -0.2) is 4.79 Å². The van der Waals surface area contributed by atoms with Gasteiger partial charge in [0, 0.05) is 6.42 Å². The predicted molar refractivity (Wildman–Crippen MR) is 66.6 cm³/mol. The highest BCUT2D eigenvalue weighted by Crippen LogP contribution is 2.03. The summed E-state index contributed by atoms with van der Waals surface area (Å²) in [5.41, 5.74) is 5.32. The number of hydrogen-bond donors (Lipinski definition) is 3. The van der Waals surface area contributed by atoms with Crippen molar-refractivity contribution in [2.24, 2.45) is 5.73 Å². The van der Waals surface area contributed by atoms with E-state index in [0.29, 0.717) is 25.8 Å². The monoisotopic (exact) mass is 244 g/mol. The van der Waals surface area contributed by atoms with Crippen LogP contribution in [0, 0.1) is 0 Å². The molecule has 0 saturated heterocycles. The highest BCUT2D eigenvalue weighted by Gasteiger charge is 2.18. The van der Waals surface area contributed by atoms with Crippen LogP contribution in [0.5, 0.6) is 0 Å². The van der Waals surface area contributed by atoms with Crippen molar-refractivity contribution in [3.05, 3.63) is 0 Å². The second-order valence-corrected chi connectivity index (χ2v) is 4.20. The zero-order chi connectivity index (χ0) is 13.1. The fourth-order valence-corrected chi connectivity index (χ4v) is 1.56. The Morgan fingerprint density at radius 1 is 1.24 bits per heavy atom. The van der Waals surface area contributed by atoms with E-state index in [4.69, 9.17) is 10.8 Å². The molecule has 0 aliphatic carbocycles. The molecular weight excluding hydrogens is 220 g/mol. The molecular formula is C12H24N2O3. The summed E-state index contributed by atoms with van der Waals surface area (Å²) in [5, 5.41) is 11.4. The molecule has 0 rings (SSSR count). The summed E-state index contributed by atoms with van der Waals surface area (Å²) in [6.45, 7) is 2.55. The number of carbonyl (C=O) groups is 2. The molecule has 0 aliphatic rings. The smallest absolute Gasteiger partial charge is 0.326 e. The van der Waals surface area contributed by atoms with Crippen LogP contribution >= 0.6 is 0 Å². The van der Waals surface area contributed by atoms with Gasteiger partial charge in [-0.3, -0.25) is 4.79 Å². The van der Waals surface area contributed by atoms with E-state index in [2.05, 4.69) is 12.2 Å². The van der Waals surface area contributed by atoms with Crippen molar-refractivity contribution >= 4 is 11.9 Å². The van der Waals surface area contributed by atoms with Gasteiger partial charge in [-0.15, -0.1) is 0 Å². The molecule has 0 aromatic rings. The summed E-state index contributed by atoms with van der Waals surface area (Å²) < 4.78 is 0. The van der Waals surface area contributed by atoms with Crippen LogP contribution in [0.3, 0.4) is 0 Å². The molecule has 0 fully saturated rings. The van der Waals surface area contributed by atoms with Crippen molar-refractivity contribution in [2.45, 2.75) is 57.9 Å². The number of hydrogen-bond acceptors (Lipinski definition) is 3. The molecule has 0 spiro atoms. The first-order valence-electron chi connectivity index (χ1n) is 6.34. The third-order valence-electron chi connectivity index (χ3n) is 2.59. The van der Waals surface area contributed by atoms with Crippen LogP contribution in [0.25, 0.3) is 0 Å². The fourth-order valence-electron chi connectivity index (χ4n) is 1.56. The van der Waals surface area contributed by atoms with Crippen molar-refractivity contribution in [1.82, 2.24) is 5.32 Å². The molecule has 0 saturated carbocycles. The van der Waals surface area contributed by atoms with Crippen LogP contribution < -0.4 is 11.1 Å². The van der Waals surface area contributed by atoms with Crippen LogP contribution in [-0.2, 0) is 9.59 Å². The molecule has 1 amide bonds. The van der Waals surface area contributed by atoms with Crippen LogP contribution in [0.2, 0.25) is 0 Å². The molecule has 0 bridgehead atoms. The average molecular weight is 244 g/mol. The van der Waals surface area contributed by atoms with Gasteiger partial charge in [0.05, 0.1) is 0 Å². The Kier molecular flexibility index (Phi) is 9.43. The Balaban J connectivity index is 3.83. The number of carboxylic acid groups (broad SMARTS) is 1. The molecule has 0 aromatic heterocycles. The van der Waals surface area contributed by atoms with Crippen LogP contribution in [-0.4, -0.2) is 29.6 Å². The summed E-state index contributed by atoms with van der Waals surface area (Å²) in [4.78, 5) is 22.3. The lowest BCUT2D eigenvalue weighted by atomic mass is 10.1. The maximum atomic E-state index is 11.5. The molecule has 5 heteroatoms. The van der Waals surface area contributed by atoms with Crippen molar-refractivity contribution in [1.29, 1.82) is 0 Å². The van der Waals surface area contributed by atoms with Gasteiger partial charge in [0.15, 0.2) is 0 Å². The first-order valence-corrected chi connectivity index (χ1v) is 6.34. The number of amides is 1. The van der Waals surface area contributed by atoms with E-state index < -0.39 is 12.0 Å². The molecule has 0 heterocycles. The molecule has 17 heavy (non-hydrogen) atoms. The lowest BCUT2D eigenvalue weighted by Crippen LogP contribution is -2.40. The van der Waals surface area contributed by atoms with Gasteiger partial charge in [-0.1, -0.05) is 26.2 Å². The Hall–Kier alpha value is -1.10. The number of nitrogens with one attached hydrogen (secondary N) is 1. The van der Waals surface area contributed by atoms with E-state index in [1.54, 1.807) is 0 Å². The number of unbranched alkanes of at least 4 members (excludes halogenated alkanes) is 3. The van der Waals surface area contributed by atoms with Gasteiger partial charge in [0.1, 0.15) is 6.04 Å². The average Bonchev–Trinajstić information content (AvgIpc) is 2.29. The van der Waals surface area contributed by atoms with Crippen molar-refractivity contribution in [2.75, 3.05) is 6.54 Å². The molecule has 4 N–H and O–H groups in total. The molecule has 1 atom stereocenters. The van der Waals surface area contributed by atoms with Gasteiger partial charge in [0.25, 0.3) is 0 Å². The summed E-state index contributed by atoms with van der Waals surface area (Å²) >= 11 is 0. The summed E-state index contributed by atoms with van der Waals surface area (Å²) in [7, 11) is 0. The largest absolute Gasteiger partial charge is 0.480 e. The number of nitrogens with two attached hydrogens (primary N) is 1. The molecule has 0 unspecified atom stereocenters. The van der Waals surface area contributed by atoms with Crippen LogP contribution in [0.15, 0.2) is 0 Å². The van der Waals surface area contributed by atoms with Gasteiger partial charge in [0.2, 0.25) is 5.91 Å². The Labute approximate surface area is 103 Å². The normalized spacial score (nSPS) is 12.1. The molecule has 5 nitrogen and oxygen atoms in total. The van der Waals surface area contributed by atoms with E-state index in [1.165, 1.54) is 0 Å². The summed E-state index contributed by atoms with van der Waals surface area (Å²) in [6.07, 6.45) is 5.48. The van der Waals surface area contributed by atoms with E-state index in [1.807, 2.05) is 0 Å².